The molecule has 8 nitrogen and oxygen atoms in total. The van der Waals surface area contributed by atoms with Crippen LogP contribution in [0.5, 0.6) is 5.75 Å². The summed E-state index contributed by atoms with van der Waals surface area (Å²) in [6, 6.07) is 10.2. The zero-order valence-electron chi connectivity index (χ0n) is 14.4. The van der Waals surface area contributed by atoms with Gasteiger partial charge < -0.3 is 14.8 Å². The number of sulfonamides is 1. The highest BCUT2D eigenvalue weighted by Gasteiger charge is 2.23. The molecule has 2 aromatic rings. The van der Waals surface area contributed by atoms with Crippen LogP contribution in [0.3, 0.4) is 0 Å². The van der Waals surface area contributed by atoms with Crippen LogP contribution in [0.15, 0.2) is 47.4 Å². The molecule has 0 aromatic heterocycles. The van der Waals surface area contributed by atoms with E-state index in [0.717, 1.165) is 0 Å². The fourth-order valence-corrected chi connectivity index (χ4v) is 3.50. The Labute approximate surface area is 151 Å². The molecule has 2 rings (SSSR count). The van der Waals surface area contributed by atoms with E-state index in [-0.39, 0.29) is 27.8 Å². The molecule has 0 aliphatic heterocycles. The highest BCUT2D eigenvalue weighted by atomic mass is 32.2. The largest absolute Gasteiger partial charge is 0.495 e. The average molecular weight is 378 g/mol. The molecule has 0 fully saturated rings. The monoisotopic (exact) mass is 378 g/mol. The summed E-state index contributed by atoms with van der Waals surface area (Å²) < 4.78 is 37.8. The van der Waals surface area contributed by atoms with E-state index >= 15 is 0 Å². The van der Waals surface area contributed by atoms with Crippen LogP contribution in [-0.2, 0) is 19.6 Å². The molecule has 2 N–H and O–H groups in total. The normalized spacial score (nSPS) is 10.7. The van der Waals surface area contributed by atoms with E-state index < -0.39 is 16.0 Å². The lowest BCUT2D eigenvalue weighted by molar-refractivity contribution is -0.114. The van der Waals surface area contributed by atoms with E-state index in [0.29, 0.717) is 5.69 Å². The third-order valence-corrected chi connectivity index (χ3v) is 4.74. The first kappa shape index (κ1) is 19.3. The van der Waals surface area contributed by atoms with Gasteiger partial charge in [-0.3, -0.25) is 9.52 Å². The number of benzene rings is 2. The van der Waals surface area contributed by atoms with Gasteiger partial charge in [0.05, 0.1) is 25.5 Å². The molecular weight excluding hydrogens is 360 g/mol. The van der Waals surface area contributed by atoms with E-state index in [2.05, 4.69) is 14.8 Å². The van der Waals surface area contributed by atoms with Gasteiger partial charge >= 0.3 is 5.97 Å². The number of esters is 1. The number of hydrogen-bond donors (Lipinski definition) is 2. The Hall–Kier alpha value is -3.07. The number of para-hydroxylation sites is 1. The first-order chi connectivity index (χ1) is 12.3. The predicted octanol–water partition coefficient (Wildman–Crippen LogP) is 2.24. The molecule has 0 aliphatic rings. The molecule has 0 bridgehead atoms. The maximum absolute atomic E-state index is 12.8. The van der Waals surface area contributed by atoms with Gasteiger partial charge in [-0.2, -0.15) is 0 Å². The van der Waals surface area contributed by atoms with E-state index in [1.165, 1.54) is 51.5 Å². The van der Waals surface area contributed by atoms with Crippen molar-refractivity contribution in [1.82, 2.24) is 0 Å². The summed E-state index contributed by atoms with van der Waals surface area (Å²) in [5, 5.41) is 2.51. The molecule has 0 radical (unpaired) electrons. The molecule has 0 atom stereocenters. The second-order valence-corrected chi connectivity index (χ2v) is 6.84. The van der Waals surface area contributed by atoms with Gasteiger partial charge in [-0.25, -0.2) is 13.2 Å². The summed E-state index contributed by atoms with van der Waals surface area (Å²) in [7, 11) is -1.58. The topological polar surface area (TPSA) is 111 Å². The van der Waals surface area contributed by atoms with E-state index in [1.54, 1.807) is 12.1 Å². The summed E-state index contributed by atoms with van der Waals surface area (Å²) in [5.41, 5.74) is 0.418. The number of carbonyl (C=O) groups is 2. The van der Waals surface area contributed by atoms with Crippen LogP contribution >= 0.6 is 0 Å². The van der Waals surface area contributed by atoms with Crippen LogP contribution in [0.25, 0.3) is 0 Å². The minimum Gasteiger partial charge on any atom is -0.495 e. The van der Waals surface area contributed by atoms with Gasteiger partial charge in [0.1, 0.15) is 10.6 Å². The number of methoxy groups -OCH3 is 2. The van der Waals surface area contributed by atoms with E-state index in [4.69, 9.17) is 4.74 Å². The van der Waals surface area contributed by atoms with Crippen molar-refractivity contribution < 1.29 is 27.5 Å². The summed E-state index contributed by atoms with van der Waals surface area (Å²) >= 11 is 0. The third kappa shape index (κ3) is 4.31. The Balaban J connectivity index is 2.48. The highest BCUT2D eigenvalue weighted by Crippen LogP contribution is 2.29. The standard InChI is InChI=1S/C17H18N2O6S/c1-11(20)18-12-8-9-15(24-2)16(10-12)26(22,23)19-14-7-5-4-6-13(14)17(21)25-3/h4-10,19H,1-3H3,(H,18,20). The minimum absolute atomic E-state index is 0.0614. The third-order valence-electron chi connectivity index (χ3n) is 3.35. The molecule has 1 amide bonds. The maximum atomic E-state index is 12.8. The minimum atomic E-state index is -4.11. The lowest BCUT2D eigenvalue weighted by Gasteiger charge is -2.15. The molecule has 2 aromatic carbocycles. The van der Waals surface area contributed by atoms with E-state index in [9.17, 15) is 18.0 Å². The average Bonchev–Trinajstić information content (AvgIpc) is 2.60. The van der Waals surface area contributed by atoms with Crippen molar-refractivity contribution in [1.29, 1.82) is 0 Å². The molecule has 0 spiro atoms. The van der Waals surface area contributed by atoms with Crippen molar-refractivity contribution >= 4 is 33.3 Å². The van der Waals surface area contributed by atoms with Crippen LogP contribution in [0.4, 0.5) is 11.4 Å². The van der Waals surface area contributed by atoms with Crippen LogP contribution in [0.2, 0.25) is 0 Å². The fourth-order valence-electron chi connectivity index (χ4n) is 2.23. The SMILES string of the molecule is COC(=O)c1ccccc1NS(=O)(=O)c1cc(NC(C)=O)ccc1OC. The van der Waals surface area contributed by atoms with Crippen molar-refractivity contribution in [2.45, 2.75) is 11.8 Å². The predicted molar refractivity (Wildman–Crippen MR) is 95.9 cm³/mol. The number of hydrogen-bond acceptors (Lipinski definition) is 6. The Morgan fingerprint density at radius 3 is 2.35 bits per heavy atom. The summed E-state index contributed by atoms with van der Waals surface area (Å²) in [6.45, 7) is 1.31. The van der Waals surface area contributed by atoms with Crippen LogP contribution in [-0.4, -0.2) is 34.5 Å². The van der Waals surface area contributed by atoms with Crippen molar-refractivity contribution in [3.63, 3.8) is 0 Å². The van der Waals surface area contributed by atoms with Crippen LogP contribution < -0.4 is 14.8 Å². The summed E-state index contributed by atoms with van der Waals surface area (Å²) in [6.07, 6.45) is 0. The van der Waals surface area contributed by atoms with Gasteiger partial charge in [-0.1, -0.05) is 12.1 Å². The van der Waals surface area contributed by atoms with Gasteiger partial charge in [0.25, 0.3) is 10.0 Å². The molecule has 26 heavy (non-hydrogen) atoms. The van der Waals surface area contributed by atoms with E-state index in [1.807, 2.05) is 0 Å². The molecule has 0 unspecified atom stereocenters. The number of rotatable bonds is 6. The summed E-state index contributed by atoms with van der Waals surface area (Å²) in [4.78, 5) is 22.9. The fraction of sp³-hybridized carbons (Fsp3) is 0.176. The number of ether oxygens (including phenoxy) is 2. The molecule has 0 saturated heterocycles. The number of nitrogens with one attached hydrogen (secondary N) is 2. The highest BCUT2D eigenvalue weighted by molar-refractivity contribution is 7.92. The van der Waals surface area contributed by atoms with Crippen molar-refractivity contribution in [2.75, 3.05) is 24.3 Å². The van der Waals surface area contributed by atoms with Gasteiger partial charge in [0.2, 0.25) is 5.91 Å². The lowest BCUT2D eigenvalue weighted by Crippen LogP contribution is -2.17. The zero-order chi connectivity index (χ0) is 19.3. The quantitative estimate of drug-likeness (QED) is 0.746. The lowest BCUT2D eigenvalue weighted by atomic mass is 10.2. The second kappa shape index (κ2) is 7.87. The Bertz CT molecular complexity index is 940. The molecular formula is C17H18N2O6S. The molecule has 0 saturated carbocycles. The first-order valence-corrected chi connectivity index (χ1v) is 8.92. The van der Waals surface area contributed by atoms with Gasteiger partial charge in [-0.05, 0) is 30.3 Å². The van der Waals surface area contributed by atoms with Gasteiger partial charge in [0, 0.05) is 12.6 Å². The van der Waals surface area contributed by atoms with Crippen molar-refractivity contribution in [2.24, 2.45) is 0 Å². The van der Waals surface area contributed by atoms with Crippen LogP contribution in [0.1, 0.15) is 17.3 Å². The number of carbonyl (C=O) groups excluding carboxylic acids is 2. The summed E-state index contributed by atoms with van der Waals surface area (Å²) in [5.74, 6) is -0.938. The zero-order valence-corrected chi connectivity index (χ0v) is 15.2. The van der Waals surface area contributed by atoms with Crippen molar-refractivity contribution in [3.8, 4) is 5.75 Å². The molecule has 9 heteroatoms. The second-order valence-electron chi connectivity index (χ2n) is 5.19. The smallest absolute Gasteiger partial charge is 0.339 e. The van der Waals surface area contributed by atoms with Crippen LogP contribution in [0, 0.1) is 0 Å². The number of anilines is 2. The van der Waals surface area contributed by atoms with Gasteiger partial charge in [-0.15, -0.1) is 0 Å². The van der Waals surface area contributed by atoms with Crippen molar-refractivity contribution in [3.05, 3.63) is 48.0 Å². The maximum Gasteiger partial charge on any atom is 0.339 e. The van der Waals surface area contributed by atoms with Gasteiger partial charge in [0.15, 0.2) is 0 Å². The Morgan fingerprint density at radius 1 is 1.04 bits per heavy atom. The Kier molecular flexibility index (Phi) is 5.83. The molecule has 138 valence electrons. The number of amides is 1. The molecule has 0 heterocycles. The first-order valence-electron chi connectivity index (χ1n) is 7.44. The Morgan fingerprint density at radius 2 is 1.73 bits per heavy atom. The molecule has 0 aliphatic carbocycles.